The molecule has 0 bridgehead atoms. The summed E-state index contributed by atoms with van der Waals surface area (Å²) in [5.41, 5.74) is 0.729. The molecule has 0 fully saturated rings. The average molecular weight is 393 g/mol. The third kappa shape index (κ3) is 2.66. The van der Waals surface area contributed by atoms with Gasteiger partial charge in [0, 0.05) is 15.9 Å². The van der Waals surface area contributed by atoms with Crippen molar-refractivity contribution < 1.29 is 18.0 Å². The van der Waals surface area contributed by atoms with Gasteiger partial charge in [0.1, 0.15) is 0 Å². The summed E-state index contributed by atoms with van der Waals surface area (Å²) < 4.78 is 23.6. The Morgan fingerprint density at radius 2 is 1.89 bits per heavy atom. The van der Waals surface area contributed by atoms with Crippen LogP contribution in [-0.2, 0) is 9.84 Å². The molecule has 0 atom stereocenters. The van der Waals surface area contributed by atoms with Crippen LogP contribution in [0.25, 0.3) is 0 Å². The van der Waals surface area contributed by atoms with Crippen LogP contribution in [0.1, 0.15) is 27.6 Å². The molecule has 1 heterocycles. The first-order valence-electron chi connectivity index (χ1n) is 5.72. The van der Waals surface area contributed by atoms with Gasteiger partial charge in [0.05, 0.1) is 16.9 Å². The minimum Gasteiger partial charge on any atom is -0.273 e. The van der Waals surface area contributed by atoms with Crippen LogP contribution in [0.15, 0.2) is 18.2 Å². The van der Waals surface area contributed by atoms with Gasteiger partial charge in [-0.05, 0) is 34.7 Å². The highest BCUT2D eigenvalue weighted by atomic mass is 127. The summed E-state index contributed by atoms with van der Waals surface area (Å²) in [5, 5.41) is 0. The lowest BCUT2D eigenvalue weighted by Gasteiger charge is -2.13. The molecule has 0 aromatic heterocycles. The summed E-state index contributed by atoms with van der Waals surface area (Å²) in [4.78, 5) is 25.2. The maximum absolute atomic E-state index is 12.1. The lowest BCUT2D eigenvalue weighted by atomic mass is 10.1. The Morgan fingerprint density at radius 3 is 2.47 bits per heavy atom. The molecular formula is C12H12INO4S. The van der Waals surface area contributed by atoms with Crippen LogP contribution in [0, 0.1) is 3.57 Å². The molecule has 0 saturated carbocycles. The van der Waals surface area contributed by atoms with E-state index in [9.17, 15) is 18.0 Å². The van der Waals surface area contributed by atoms with Gasteiger partial charge in [0.2, 0.25) is 0 Å². The summed E-state index contributed by atoms with van der Waals surface area (Å²) in [6.07, 6.45) is 0. The maximum atomic E-state index is 12.1. The monoisotopic (exact) mass is 393 g/mol. The number of benzene rings is 1. The fourth-order valence-corrected chi connectivity index (χ4v) is 3.35. The largest absolute Gasteiger partial charge is 0.273 e. The summed E-state index contributed by atoms with van der Waals surface area (Å²) >= 11 is 2.00. The van der Waals surface area contributed by atoms with Gasteiger partial charge in [-0.3, -0.25) is 14.5 Å². The summed E-state index contributed by atoms with van der Waals surface area (Å²) in [6.45, 7) is 1.46. The molecule has 0 N–H and O–H groups in total. The Labute approximate surface area is 125 Å². The topological polar surface area (TPSA) is 71.5 Å². The number of hydrogen-bond donors (Lipinski definition) is 0. The van der Waals surface area contributed by atoms with E-state index in [-0.39, 0.29) is 18.1 Å². The van der Waals surface area contributed by atoms with E-state index in [1.54, 1.807) is 25.1 Å². The molecule has 1 aliphatic heterocycles. The quantitative estimate of drug-likeness (QED) is 0.572. The molecule has 0 aliphatic carbocycles. The van der Waals surface area contributed by atoms with E-state index in [2.05, 4.69) is 0 Å². The Bertz CT molecular complexity index is 654. The van der Waals surface area contributed by atoms with Gasteiger partial charge in [-0.15, -0.1) is 0 Å². The highest BCUT2D eigenvalue weighted by molar-refractivity contribution is 14.1. The van der Waals surface area contributed by atoms with Crippen LogP contribution < -0.4 is 0 Å². The molecule has 0 radical (unpaired) electrons. The standard InChI is InChI=1S/C12H12INO4S/c1-2-19(17,18)7-6-14-11(15)8-4-3-5-9(13)10(8)12(14)16/h3-5H,2,6-7H2,1H3. The number of fused-ring (bicyclic) bond motifs is 1. The number of sulfone groups is 1. The summed E-state index contributed by atoms with van der Waals surface area (Å²) in [7, 11) is -3.20. The molecule has 102 valence electrons. The fraction of sp³-hybridized carbons (Fsp3) is 0.333. The molecule has 2 rings (SSSR count). The van der Waals surface area contributed by atoms with Crippen molar-refractivity contribution >= 4 is 44.2 Å². The second-order valence-electron chi connectivity index (χ2n) is 4.16. The molecule has 1 aromatic carbocycles. The van der Waals surface area contributed by atoms with Gasteiger partial charge in [-0.1, -0.05) is 13.0 Å². The predicted octanol–water partition coefficient (Wildman–Crippen LogP) is 1.32. The van der Waals surface area contributed by atoms with Crippen molar-refractivity contribution in [3.05, 3.63) is 32.9 Å². The lowest BCUT2D eigenvalue weighted by Crippen LogP contribution is -2.34. The van der Waals surface area contributed by atoms with Crippen molar-refractivity contribution in [3.63, 3.8) is 0 Å². The van der Waals surface area contributed by atoms with E-state index in [0.717, 1.165) is 4.90 Å². The van der Waals surface area contributed by atoms with Crippen molar-refractivity contribution in [2.75, 3.05) is 18.1 Å². The number of amides is 2. The van der Waals surface area contributed by atoms with Crippen LogP contribution in [-0.4, -0.2) is 43.2 Å². The zero-order valence-electron chi connectivity index (χ0n) is 10.2. The number of nitrogens with zero attached hydrogens (tertiary/aromatic N) is 1. The van der Waals surface area contributed by atoms with Gasteiger partial charge in [-0.25, -0.2) is 8.42 Å². The van der Waals surface area contributed by atoms with Gasteiger partial charge >= 0.3 is 0 Å². The van der Waals surface area contributed by atoms with E-state index in [1.807, 2.05) is 22.6 Å². The second kappa shape index (κ2) is 5.20. The number of rotatable bonds is 4. The minimum absolute atomic E-state index is 0.00764. The van der Waals surface area contributed by atoms with Gasteiger partial charge < -0.3 is 0 Å². The first-order chi connectivity index (χ1) is 8.87. The average Bonchev–Trinajstić information content (AvgIpc) is 2.61. The zero-order chi connectivity index (χ0) is 14.2. The van der Waals surface area contributed by atoms with Gasteiger partial charge in [-0.2, -0.15) is 0 Å². The van der Waals surface area contributed by atoms with Gasteiger partial charge in [0.15, 0.2) is 9.84 Å². The number of imide groups is 1. The van der Waals surface area contributed by atoms with E-state index in [0.29, 0.717) is 14.7 Å². The van der Waals surface area contributed by atoms with Crippen LogP contribution in [0.4, 0.5) is 0 Å². The van der Waals surface area contributed by atoms with Crippen molar-refractivity contribution in [1.82, 2.24) is 4.90 Å². The third-order valence-corrected chi connectivity index (χ3v) is 5.60. The smallest absolute Gasteiger partial charge is 0.262 e. The van der Waals surface area contributed by atoms with Crippen LogP contribution >= 0.6 is 22.6 Å². The van der Waals surface area contributed by atoms with Crippen molar-refractivity contribution in [2.45, 2.75) is 6.92 Å². The van der Waals surface area contributed by atoms with Crippen LogP contribution in [0.5, 0.6) is 0 Å². The number of carbonyl (C=O) groups excluding carboxylic acids is 2. The normalized spacial score (nSPS) is 14.9. The Morgan fingerprint density at radius 1 is 1.21 bits per heavy atom. The molecule has 1 aromatic rings. The molecule has 0 unspecified atom stereocenters. The van der Waals surface area contributed by atoms with E-state index < -0.39 is 21.7 Å². The van der Waals surface area contributed by atoms with Crippen molar-refractivity contribution in [2.24, 2.45) is 0 Å². The molecule has 5 nitrogen and oxygen atoms in total. The maximum Gasteiger partial charge on any atom is 0.262 e. The third-order valence-electron chi connectivity index (χ3n) is 3.01. The molecule has 0 saturated heterocycles. The first kappa shape index (κ1) is 14.4. The van der Waals surface area contributed by atoms with E-state index in [4.69, 9.17) is 0 Å². The Balaban J connectivity index is 2.26. The minimum atomic E-state index is -3.20. The number of carbonyl (C=O) groups is 2. The molecule has 7 heteroatoms. The predicted molar refractivity (Wildman–Crippen MR) is 78.9 cm³/mol. The Hall–Kier alpha value is -0.960. The molecule has 0 spiro atoms. The lowest BCUT2D eigenvalue weighted by molar-refractivity contribution is 0.0664. The molecule has 19 heavy (non-hydrogen) atoms. The highest BCUT2D eigenvalue weighted by Crippen LogP contribution is 2.26. The summed E-state index contributed by atoms with van der Waals surface area (Å²) in [5.74, 6) is -1.000. The number of halogens is 1. The van der Waals surface area contributed by atoms with Gasteiger partial charge in [0.25, 0.3) is 11.8 Å². The van der Waals surface area contributed by atoms with E-state index in [1.165, 1.54) is 0 Å². The van der Waals surface area contributed by atoms with E-state index >= 15 is 0 Å². The van der Waals surface area contributed by atoms with Crippen LogP contribution in [0.3, 0.4) is 0 Å². The Kier molecular flexibility index (Phi) is 3.95. The highest BCUT2D eigenvalue weighted by Gasteiger charge is 2.37. The van der Waals surface area contributed by atoms with Crippen LogP contribution in [0.2, 0.25) is 0 Å². The zero-order valence-corrected chi connectivity index (χ0v) is 13.2. The summed E-state index contributed by atoms with van der Waals surface area (Å²) in [6, 6.07) is 5.04. The van der Waals surface area contributed by atoms with Crippen molar-refractivity contribution in [1.29, 1.82) is 0 Å². The molecule has 1 aliphatic rings. The fourth-order valence-electron chi connectivity index (χ4n) is 1.87. The van der Waals surface area contributed by atoms with Crippen molar-refractivity contribution in [3.8, 4) is 0 Å². The first-order valence-corrected chi connectivity index (χ1v) is 8.62. The SMILES string of the molecule is CCS(=O)(=O)CCN1C(=O)c2cccc(I)c2C1=O. The molecule has 2 amide bonds. The second-order valence-corrected chi connectivity index (χ2v) is 7.80. The number of hydrogen-bond acceptors (Lipinski definition) is 4. The molecular weight excluding hydrogens is 381 g/mol.